The average molecular weight is 184 g/mol. The summed E-state index contributed by atoms with van der Waals surface area (Å²) in [6.07, 6.45) is 0. The third-order valence-electron chi connectivity index (χ3n) is 1.52. The number of rotatable bonds is 1. The summed E-state index contributed by atoms with van der Waals surface area (Å²) in [5.41, 5.74) is 0.403. The maximum Gasteiger partial charge on any atom is 0.339 e. The van der Waals surface area contributed by atoms with Gasteiger partial charge in [0, 0.05) is 4.90 Å². The fourth-order valence-corrected chi connectivity index (χ4v) is 1.25. The molecule has 0 amide bonds. The van der Waals surface area contributed by atoms with E-state index in [0.29, 0.717) is 10.5 Å². The molecule has 0 radical (unpaired) electrons. The maximum absolute atomic E-state index is 10.5. The summed E-state index contributed by atoms with van der Waals surface area (Å²) < 4.78 is 0. The van der Waals surface area contributed by atoms with E-state index in [4.69, 9.17) is 5.11 Å². The minimum atomic E-state index is -1.15. The molecule has 0 bridgehead atoms. The molecule has 0 atom stereocenters. The molecule has 3 nitrogen and oxygen atoms in total. The highest BCUT2D eigenvalue weighted by Gasteiger charge is 2.11. The van der Waals surface area contributed by atoms with Crippen molar-refractivity contribution >= 4 is 18.6 Å². The van der Waals surface area contributed by atoms with Crippen molar-refractivity contribution < 1.29 is 15.0 Å². The largest absolute Gasteiger partial charge is 0.507 e. The highest BCUT2D eigenvalue weighted by Crippen LogP contribution is 2.25. The van der Waals surface area contributed by atoms with E-state index in [9.17, 15) is 9.90 Å². The molecular formula is C8H8O3S. The first-order valence-corrected chi connectivity index (χ1v) is 3.73. The summed E-state index contributed by atoms with van der Waals surface area (Å²) in [5, 5.41) is 17.9. The second kappa shape index (κ2) is 3.06. The lowest BCUT2D eigenvalue weighted by atomic mass is 10.1. The number of carboxylic acids is 1. The van der Waals surface area contributed by atoms with Crippen molar-refractivity contribution in [2.24, 2.45) is 0 Å². The third-order valence-corrected chi connectivity index (χ3v) is 1.77. The molecule has 0 spiro atoms. The van der Waals surface area contributed by atoms with E-state index >= 15 is 0 Å². The lowest BCUT2D eigenvalue weighted by molar-refractivity contribution is 0.0693. The molecule has 0 aliphatic heterocycles. The second-order valence-corrected chi connectivity index (χ2v) is 2.98. The Morgan fingerprint density at radius 2 is 2.08 bits per heavy atom. The zero-order valence-corrected chi connectivity index (χ0v) is 7.30. The van der Waals surface area contributed by atoms with Crippen LogP contribution in [0.4, 0.5) is 0 Å². The zero-order valence-electron chi connectivity index (χ0n) is 6.40. The number of benzene rings is 1. The van der Waals surface area contributed by atoms with Crippen LogP contribution in [0.3, 0.4) is 0 Å². The lowest BCUT2D eigenvalue weighted by Crippen LogP contribution is -1.97. The molecule has 64 valence electrons. The van der Waals surface area contributed by atoms with Crippen molar-refractivity contribution in [1.29, 1.82) is 0 Å². The summed E-state index contributed by atoms with van der Waals surface area (Å²) in [5.74, 6) is -1.34. The zero-order chi connectivity index (χ0) is 9.30. The van der Waals surface area contributed by atoms with Crippen LogP contribution in [0.5, 0.6) is 5.75 Å². The van der Waals surface area contributed by atoms with Crippen molar-refractivity contribution in [2.45, 2.75) is 11.8 Å². The molecule has 0 fully saturated rings. The van der Waals surface area contributed by atoms with Gasteiger partial charge in [-0.2, -0.15) is 0 Å². The van der Waals surface area contributed by atoms with Crippen LogP contribution < -0.4 is 0 Å². The fourth-order valence-electron chi connectivity index (χ4n) is 0.924. The van der Waals surface area contributed by atoms with E-state index < -0.39 is 5.97 Å². The van der Waals surface area contributed by atoms with E-state index in [1.54, 1.807) is 13.0 Å². The molecule has 0 saturated carbocycles. The van der Waals surface area contributed by atoms with Crippen molar-refractivity contribution in [2.75, 3.05) is 0 Å². The van der Waals surface area contributed by atoms with Crippen LogP contribution >= 0.6 is 12.6 Å². The molecule has 0 unspecified atom stereocenters. The molecule has 2 N–H and O–H groups in total. The molecule has 0 aromatic heterocycles. The van der Waals surface area contributed by atoms with Crippen LogP contribution in [0.15, 0.2) is 17.0 Å². The van der Waals surface area contributed by atoms with E-state index in [-0.39, 0.29) is 11.3 Å². The Balaban J connectivity index is 3.37. The molecular weight excluding hydrogens is 176 g/mol. The Bertz CT molecular complexity index is 333. The van der Waals surface area contributed by atoms with Crippen molar-refractivity contribution in [3.05, 3.63) is 23.3 Å². The SMILES string of the molecule is Cc1cc(S)cc(C(=O)O)c1O. The summed E-state index contributed by atoms with van der Waals surface area (Å²) >= 11 is 3.99. The van der Waals surface area contributed by atoms with Crippen molar-refractivity contribution in [3.8, 4) is 5.75 Å². The third kappa shape index (κ3) is 1.53. The maximum atomic E-state index is 10.5. The average Bonchev–Trinajstić information content (AvgIpc) is 1.96. The number of thiol groups is 1. The first-order valence-electron chi connectivity index (χ1n) is 3.28. The summed E-state index contributed by atoms with van der Waals surface area (Å²) in [7, 11) is 0. The molecule has 0 saturated heterocycles. The number of carbonyl (C=O) groups is 1. The Morgan fingerprint density at radius 1 is 1.50 bits per heavy atom. The Hall–Kier alpha value is -1.16. The number of aryl methyl sites for hydroxylation is 1. The molecule has 0 aliphatic rings. The monoisotopic (exact) mass is 184 g/mol. The van der Waals surface area contributed by atoms with Crippen LogP contribution in [0.1, 0.15) is 15.9 Å². The first-order chi connectivity index (χ1) is 5.52. The van der Waals surface area contributed by atoms with Crippen LogP contribution in [0.2, 0.25) is 0 Å². The number of hydrogen-bond acceptors (Lipinski definition) is 3. The molecule has 1 rings (SSSR count). The number of aromatic carboxylic acids is 1. The van der Waals surface area contributed by atoms with E-state index in [1.165, 1.54) is 6.07 Å². The second-order valence-electron chi connectivity index (χ2n) is 2.46. The van der Waals surface area contributed by atoms with Gasteiger partial charge in [-0.25, -0.2) is 4.79 Å². The van der Waals surface area contributed by atoms with Crippen LogP contribution in [0, 0.1) is 6.92 Å². The molecule has 1 aromatic rings. The first kappa shape index (κ1) is 8.93. The summed E-state index contributed by atoms with van der Waals surface area (Å²) in [6.45, 7) is 1.63. The van der Waals surface area contributed by atoms with Gasteiger partial charge >= 0.3 is 5.97 Å². The van der Waals surface area contributed by atoms with Gasteiger partial charge in [0.25, 0.3) is 0 Å². The van der Waals surface area contributed by atoms with Gasteiger partial charge in [-0.05, 0) is 24.6 Å². The summed E-state index contributed by atoms with van der Waals surface area (Å²) in [6, 6.07) is 2.92. The van der Waals surface area contributed by atoms with E-state index in [0.717, 1.165) is 0 Å². The van der Waals surface area contributed by atoms with E-state index in [1.807, 2.05) is 0 Å². The minimum absolute atomic E-state index is 0.111. The van der Waals surface area contributed by atoms with Crippen LogP contribution in [-0.2, 0) is 0 Å². The van der Waals surface area contributed by atoms with Gasteiger partial charge in [-0.15, -0.1) is 12.6 Å². The highest BCUT2D eigenvalue weighted by atomic mass is 32.1. The highest BCUT2D eigenvalue weighted by molar-refractivity contribution is 7.80. The van der Waals surface area contributed by atoms with Crippen LogP contribution in [-0.4, -0.2) is 16.2 Å². The molecule has 4 heteroatoms. The number of carboxylic acid groups (broad SMARTS) is 1. The standard InChI is InChI=1S/C8H8O3S/c1-4-2-5(12)3-6(7(4)9)8(10)11/h2-3,9,12H,1H3,(H,10,11). The normalized spacial score (nSPS) is 9.83. The Morgan fingerprint density at radius 3 is 2.58 bits per heavy atom. The topological polar surface area (TPSA) is 57.5 Å². The van der Waals surface area contributed by atoms with Crippen LogP contribution in [0.25, 0.3) is 0 Å². The van der Waals surface area contributed by atoms with Crippen molar-refractivity contribution in [3.63, 3.8) is 0 Å². The van der Waals surface area contributed by atoms with Crippen molar-refractivity contribution in [1.82, 2.24) is 0 Å². The number of aromatic hydroxyl groups is 1. The molecule has 0 heterocycles. The molecule has 12 heavy (non-hydrogen) atoms. The van der Waals surface area contributed by atoms with Gasteiger partial charge in [-0.1, -0.05) is 0 Å². The Labute approximate surface area is 75.1 Å². The Kier molecular flexibility index (Phi) is 2.28. The van der Waals surface area contributed by atoms with Gasteiger partial charge in [0.15, 0.2) is 0 Å². The predicted octanol–water partition coefficient (Wildman–Crippen LogP) is 1.69. The van der Waals surface area contributed by atoms with Gasteiger partial charge < -0.3 is 10.2 Å². The van der Waals surface area contributed by atoms with E-state index in [2.05, 4.69) is 12.6 Å². The number of hydrogen-bond donors (Lipinski definition) is 3. The molecule has 1 aromatic carbocycles. The smallest absolute Gasteiger partial charge is 0.339 e. The fraction of sp³-hybridized carbons (Fsp3) is 0.125. The minimum Gasteiger partial charge on any atom is -0.507 e. The quantitative estimate of drug-likeness (QED) is 0.582. The van der Waals surface area contributed by atoms with Gasteiger partial charge in [0.05, 0.1) is 0 Å². The lowest BCUT2D eigenvalue weighted by Gasteiger charge is -2.03. The van der Waals surface area contributed by atoms with Gasteiger partial charge in [0.1, 0.15) is 11.3 Å². The van der Waals surface area contributed by atoms with Gasteiger partial charge in [0.2, 0.25) is 0 Å². The van der Waals surface area contributed by atoms with Gasteiger partial charge in [-0.3, -0.25) is 0 Å². The molecule has 0 aliphatic carbocycles. The number of phenols is 1. The predicted molar refractivity (Wildman–Crippen MR) is 47.1 cm³/mol. The summed E-state index contributed by atoms with van der Waals surface area (Å²) in [4.78, 5) is 11.1.